The van der Waals surface area contributed by atoms with Crippen LogP contribution >= 0.6 is 7.82 Å². The van der Waals surface area contributed by atoms with Crippen molar-refractivity contribution in [3.05, 3.63) is 47.0 Å². The molecule has 0 amide bonds. The summed E-state index contributed by atoms with van der Waals surface area (Å²) in [6.07, 6.45) is 21.4. The summed E-state index contributed by atoms with van der Waals surface area (Å²) >= 11 is 0. The van der Waals surface area contributed by atoms with Crippen molar-refractivity contribution in [2.24, 2.45) is 11.8 Å². The number of carbonyl (C=O) groups is 3. The van der Waals surface area contributed by atoms with Crippen LogP contribution < -0.4 is 0 Å². The van der Waals surface area contributed by atoms with Crippen molar-refractivity contribution in [1.29, 1.82) is 0 Å². The number of nitrogens with zero attached hydrogens (tertiary/aromatic N) is 1. The number of carbonyl (C=O) groups excluding carboxylic acids is 3. The van der Waals surface area contributed by atoms with Gasteiger partial charge in [0.1, 0.15) is 37.1 Å². The van der Waals surface area contributed by atoms with Gasteiger partial charge in [-0.15, -0.1) is 0 Å². The first-order valence-electron chi connectivity index (χ1n) is 23.5. The molecule has 1 fully saturated rings. The lowest BCUT2D eigenvalue weighted by Crippen LogP contribution is -2.37. The van der Waals surface area contributed by atoms with Gasteiger partial charge in [-0.3, -0.25) is 23.4 Å². The zero-order chi connectivity index (χ0) is 46.0. The quantitative estimate of drug-likeness (QED) is 0.0194. The van der Waals surface area contributed by atoms with Crippen molar-refractivity contribution >= 4 is 25.5 Å². The van der Waals surface area contributed by atoms with Gasteiger partial charge < -0.3 is 33.5 Å². The van der Waals surface area contributed by atoms with Crippen LogP contribution in [0.1, 0.15) is 158 Å². The Morgan fingerprint density at radius 2 is 1.45 bits per heavy atom. The van der Waals surface area contributed by atoms with Gasteiger partial charge in [0.15, 0.2) is 6.10 Å². The van der Waals surface area contributed by atoms with E-state index in [0.29, 0.717) is 43.1 Å². The molecule has 2 rings (SSSR count). The zero-order valence-corrected chi connectivity index (χ0v) is 40.2. The minimum Gasteiger partial charge on any atom is -0.466 e. The summed E-state index contributed by atoms with van der Waals surface area (Å²) in [6.45, 7) is 8.23. The van der Waals surface area contributed by atoms with Gasteiger partial charge >= 0.3 is 19.8 Å². The first-order chi connectivity index (χ1) is 29.5. The number of phosphoric acid groups is 1. The van der Waals surface area contributed by atoms with E-state index < -0.39 is 44.7 Å². The van der Waals surface area contributed by atoms with Crippen molar-refractivity contribution in [1.82, 2.24) is 0 Å². The van der Waals surface area contributed by atoms with Crippen molar-refractivity contribution in [3.8, 4) is 0 Å². The number of hydrogen-bond acceptors (Lipinski definition) is 11. The smallest absolute Gasteiger partial charge is 0.466 e. The Morgan fingerprint density at radius 3 is 2.11 bits per heavy atom. The summed E-state index contributed by atoms with van der Waals surface area (Å²) in [4.78, 5) is 48.4. The number of Topliss-reactive ketones (excluding diaryl/α,β-unsaturated/α-hetero) is 1. The Hall–Kier alpha value is -2.64. The minimum atomic E-state index is -4.47. The summed E-state index contributed by atoms with van der Waals surface area (Å²) in [5, 5.41) is 20.8. The molecule has 0 radical (unpaired) electrons. The van der Waals surface area contributed by atoms with Crippen molar-refractivity contribution in [2.45, 2.75) is 181 Å². The first-order valence-corrected chi connectivity index (χ1v) is 25.0. The second kappa shape index (κ2) is 30.5. The predicted octanol–water partition coefficient (Wildman–Crippen LogP) is 9.38. The van der Waals surface area contributed by atoms with Crippen LogP contribution in [0.3, 0.4) is 0 Å². The highest BCUT2D eigenvalue weighted by Gasteiger charge is 2.39. The number of aliphatic hydroxyl groups is 2. The molecule has 0 saturated heterocycles. The lowest BCUT2D eigenvalue weighted by molar-refractivity contribution is -0.870. The molecule has 0 spiro atoms. The lowest BCUT2D eigenvalue weighted by Gasteiger charge is -2.24. The Morgan fingerprint density at radius 1 is 0.839 bits per heavy atom. The van der Waals surface area contributed by atoms with Gasteiger partial charge in [0.05, 0.1) is 40.0 Å². The number of phosphoric ester groups is 1. The molecular weight excluding hydrogens is 813 g/mol. The molecule has 1 unspecified atom stereocenters. The molecule has 1 aromatic rings. The topological polar surface area (TPSA) is 179 Å². The highest BCUT2D eigenvalue weighted by atomic mass is 31.2. The molecule has 0 aromatic carbocycles. The number of quaternary nitrogens is 1. The number of ketones is 1. The third-order valence-corrected chi connectivity index (χ3v) is 12.5. The number of esters is 2. The summed E-state index contributed by atoms with van der Waals surface area (Å²) in [6, 6.07) is 0. The van der Waals surface area contributed by atoms with Gasteiger partial charge in [-0.25, -0.2) is 4.57 Å². The average Bonchev–Trinajstić information content (AvgIpc) is 3.63. The van der Waals surface area contributed by atoms with Gasteiger partial charge in [0.2, 0.25) is 0 Å². The molecule has 14 heteroatoms. The molecule has 3 N–H and O–H groups in total. The number of ether oxygens (including phenoxy) is 2. The highest BCUT2D eigenvalue weighted by Crippen LogP contribution is 2.43. The molecule has 356 valence electrons. The molecule has 1 aliphatic rings. The maximum atomic E-state index is 12.8. The standard InChI is InChI=1S/C48H82NO12P/c1-8-10-18-24-39(50)30-31-42-41(43(51)34-44(42)52)25-20-16-17-23-29-48(54)60-40(36-59-62(55,56)58-33-32-49(5,6)7)35-57-47(53)28-22-15-13-12-14-21-27-46-38(4)37(3)45(61-46)26-19-11-9-2/h16,20,30-31,39-42,44,50,52H,8-15,17-19,21-29,32-36H2,1-7H3/p+1/b20-16-,31-30+/t39-,40+,41+,42+,44+/m0/s1. The van der Waals surface area contributed by atoms with Gasteiger partial charge in [-0.2, -0.15) is 0 Å². The number of hydrogen-bond donors (Lipinski definition) is 3. The predicted molar refractivity (Wildman–Crippen MR) is 242 cm³/mol. The van der Waals surface area contributed by atoms with E-state index in [-0.39, 0.29) is 50.1 Å². The average molecular weight is 897 g/mol. The monoisotopic (exact) mass is 897 g/mol. The summed E-state index contributed by atoms with van der Waals surface area (Å²) in [7, 11) is 1.28. The van der Waals surface area contributed by atoms with E-state index in [1.54, 1.807) is 12.2 Å². The SMILES string of the molecule is CCCCCc1oc(CCCCCCCCC(=O)OC[C@H](COP(=O)(O)OCC[N+](C)(C)C)OC(=O)CCC/C=C\C[C@H]2C(=O)C[C@@H](O)[C@@H]2/C=C/[C@@H](O)CCCCC)c(C)c1C. The number of likely N-dealkylation sites (N-methyl/N-ethyl adjacent to an activating group) is 1. The number of aryl methyl sites for hydroxylation is 2. The fraction of sp³-hybridized carbons (Fsp3) is 0.771. The lowest BCUT2D eigenvalue weighted by atomic mass is 9.90. The van der Waals surface area contributed by atoms with E-state index in [1.807, 2.05) is 33.3 Å². The van der Waals surface area contributed by atoms with Crippen LogP contribution in [0.5, 0.6) is 0 Å². The maximum absolute atomic E-state index is 12.8. The molecular formula is C48H83NO12P+. The Kier molecular flexibility index (Phi) is 27.3. The van der Waals surface area contributed by atoms with Crippen LogP contribution in [-0.4, -0.2) is 103 Å². The van der Waals surface area contributed by atoms with E-state index in [0.717, 1.165) is 82.1 Å². The van der Waals surface area contributed by atoms with E-state index in [2.05, 4.69) is 27.7 Å². The Bertz CT molecular complexity index is 1550. The molecule has 1 heterocycles. The number of furan rings is 1. The molecule has 13 nitrogen and oxygen atoms in total. The second-order valence-corrected chi connectivity index (χ2v) is 19.6. The molecule has 0 aliphatic heterocycles. The third-order valence-electron chi connectivity index (χ3n) is 11.6. The van der Waals surface area contributed by atoms with Crippen LogP contribution in [0.15, 0.2) is 28.7 Å². The molecule has 1 saturated carbocycles. The molecule has 62 heavy (non-hydrogen) atoms. The van der Waals surface area contributed by atoms with Gasteiger partial charge in [0, 0.05) is 43.9 Å². The normalized spacial score (nSPS) is 19.1. The van der Waals surface area contributed by atoms with Crippen molar-refractivity contribution in [2.75, 3.05) is 47.5 Å². The minimum absolute atomic E-state index is 0.00916. The number of rotatable bonds is 35. The zero-order valence-electron chi connectivity index (χ0n) is 39.3. The fourth-order valence-electron chi connectivity index (χ4n) is 7.47. The van der Waals surface area contributed by atoms with Gasteiger partial charge in [-0.05, 0) is 69.9 Å². The fourth-order valence-corrected chi connectivity index (χ4v) is 8.21. The second-order valence-electron chi connectivity index (χ2n) is 18.2. The van der Waals surface area contributed by atoms with Crippen LogP contribution in [-0.2, 0) is 50.3 Å². The van der Waals surface area contributed by atoms with Crippen LogP contribution in [0, 0.1) is 25.7 Å². The van der Waals surface area contributed by atoms with Crippen LogP contribution in [0.25, 0.3) is 0 Å². The van der Waals surface area contributed by atoms with E-state index in [1.165, 1.54) is 24.0 Å². The third kappa shape index (κ3) is 23.9. The molecule has 1 aliphatic carbocycles. The summed E-state index contributed by atoms with van der Waals surface area (Å²) in [5.74, 6) is 0.474. The number of allylic oxidation sites excluding steroid dienone is 2. The van der Waals surface area contributed by atoms with Crippen LogP contribution in [0.4, 0.5) is 0 Å². The number of aliphatic hydroxyl groups excluding tert-OH is 2. The molecule has 1 aromatic heterocycles. The summed E-state index contributed by atoms with van der Waals surface area (Å²) in [5.41, 5.74) is 2.57. The Balaban J connectivity index is 1.78. The van der Waals surface area contributed by atoms with Gasteiger partial charge in [0.25, 0.3) is 0 Å². The van der Waals surface area contributed by atoms with E-state index >= 15 is 0 Å². The van der Waals surface area contributed by atoms with E-state index in [4.69, 9.17) is 22.9 Å². The summed E-state index contributed by atoms with van der Waals surface area (Å²) < 4.78 is 40.5. The van der Waals surface area contributed by atoms with E-state index in [9.17, 15) is 34.1 Å². The Labute approximate surface area is 373 Å². The number of unbranched alkanes of at least 4 members (excludes halogenated alkanes) is 10. The maximum Gasteiger partial charge on any atom is 0.472 e. The van der Waals surface area contributed by atoms with Crippen LogP contribution in [0.2, 0.25) is 0 Å². The molecule has 6 atom stereocenters. The first kappa shape index (κ1) is 55.5. The van der Waals surface area contributed by atoms with Crippen molar-refractivity contribution < 1.29 is 61.5 Å². The van der Waals surface area contributed by atoms with Gasteiger partial charge in [-0.1, -0.05) is 95.9 Å². The molecule has 0 bridgehead atoms. The van der Waals surface area contributed by atoms with Crippen molar-refractivity contribution in [3.63, 3.8) is 0 Å². The highest BCUT2D eigenvalue weighted by molar-refractivity contribution is 7.47. The largest absolute Gasteiger partial charge is 0.472 e.